The van der Waals surface area contributed by atoms with Crippen molar-refractivity contribution in [3.63, 3.8) is 0 Å². The Morgan fingerprint density at radius 3 is 2.18 bits per heavy atom. The molecule has 0 aromatic heterocycles. The summed E-state index contributed by atoms with van der Waals surface area (Å²) in [6, 6.07) is 15.3. The number of carbonyl (C=O) groups is 1. The molecule has 22 heavy (non-hydrogen) atoms. The third kappa shape index (κ3) is 4.18. The Bertz CT molecular complexity index is 737. The lowest BCUT2D eigenvalue weighted by atomic mass is 9.98. The molecule has 2 rings (SSSR count). The molecule has 2 aromatic rings. The van der Waals surface area contributed by atoms with Crippen LogP contribution < -0.4 is 4.72 Å². The van der Waals surface area contributed by atoms with Crippen molar-refractivity contribution in [2.24, 2.45) is 5.92 Å². The van der Waals surface area contributed by atoms with Gasteiger partial charge in [0.1, 0.15) is 5.78 Å². The van der Waals surface area contributed by atoms with Crippen LogP contribution in [0.2, 0.25) is 0 Å². The van der Waals surface area contributed by atoms with E-state index in [1.165, 1.54) is 0 Å². The number of benzene rings is 2. The van der Waals surface area contributed by atoms with Crippen molar-refractivity contribution in [3.05, 3.63) is 60.2 Å². The smallest absolute Gasteiger partial charge is 0.261 e. The molecule has 0 amide bonds. The fourth-order valence-electron chi connectivity index (χ4n) is 2.02. The van der Waals surface area contributed by atoms with E-state index >= 15 is 0 Å². The van der Waals surface area contributed by atoms with Crippen LogP contribution in [0.25, 0.3) is 0 Å². The Labute approximate surface area is 131 Å². The summed E-state index contributed by atoms with van der Waals surface area (Å²) in [5.41, 5.74) is 1.51. The molecule has 0 aliphatic rings. The fraction of sp³-hybridized carbons (Fsp3) is 0.235. The minimum absolute atomic E-state index is 0.0353. The summed E-state index contributed by atoms with van der Waals surface area (Å²) in [6.45, 7) is 3.46. The van der Waals surface area contributed by atoms with Gasteiger partial charge in [0.2, 0.25) is 0 Å². The molecule has 0 heterocycles. The Morgan fingerprint density at radius 1 is 1.05 bits per heavy atom. The van der Waals surface area contributed by atoms with Crippen LogP contribution in [-0.2, 0) is 21.2 Å². The van der Waals surface area contributed by atoms with Crippen molar-refractivity contribution in [2.75, 3.05) is 4.72 Å². The van der Waals surface area contributed by atoms with Gasteiger partial charge < -0.3 is 0 Å². The second-order valence-electron chi connectivity index (χ2n) is 5.33. The third-order valence-corrected chi connectivity index (χ3v) is 4.89. The highest BCUT2D eigenvalue weighted by Gasteiger charge is 2.13. The molecule has 5 heteroatoms. The molecule has 1 unspecified atom stereocenters. The predicted octanol–water partition coefficient (Wildman–Crippen LogP) is 3.26. The quantitative estimate of drug-likeness (QED) is 0.889. The fourth-order valence-corrected chi connectivity index (χ4v) is 3.10. The summed E-state index contributed by atoms with van der Waals surface area (Å²) >= 11 is 0. The van der Waals surface area contributed by atoms with Crippen molar-refractivity contribution < 1.29 is 13.2 Å². The van der Waals surface area contributed by atoms with E-state index in [-0.39, 0.29) is 16.6 Å². The van der Waals surface area contributed by atoms with Gasteiger partial charge in [-0.3, -0.25) is 9.52 Å². The van der Waals surface area contributed by atoms with Gasteiger partial charge in [-0.2, -0.15) is 0 Å². The molecule has 0 bridgehead atoms. The highest BCUT2D eigenvalue weighted by Crippen LogP contribution is 2.18. The zero-order valence-corrected chi connectivity index (χ0v) is 13.4. The first-order chi connectivity index (χ1) is 10.4. The highest BCUT2D eigenvalue weighted by atomic mass is 32.2. The minimum atomic E-state index is -3.57. The maximum absolute atomic E-state index is 12.2. The molecule has 4 nitrogen and oxygen atoms in total. The number of Topliss-reactive ketones (excluding diaryl/α,β-unsaturated/α-hetero) is 1. The molecule has 0 spiro atoms. The second-order valence-corrected chi connectivity index (χ2v) is 7.01. The van der Waals surface area contributed by atoms with E-state index in [2.05, 4.69) is 4.72 Å². The number of rotatable bonds is 6. The molecular weight excluding hydrogens is 298 g/mol. The predicted molar refractivity (Wildman–Crippen MR) is 87.2 cm³/mol. The highest BCUT2D eigenvalue weighted by molar-refractivity contribution is 7.92. The Kier molecular flexibility index (Phi) is 4.98. The van der Waals surface area contributed by atoms with Crippen LogP contribution in [0, 0.1) is 5.92 Å². The van der Waals surface area contributed by atoms with E-state index in [9.17, 15) is 13.2 Å². The van der Waals surface area contributed by atoms with Crippen molar-refractivity contribution in [2.45, 2.75) is 25.2 Å². The molecule has 0 fully saturated rings. The average molecular weight is 317 g/mol. The summed E-state index contributed by atoms with van der Waals surface area (Å²) < 4.78 is 26.9. The van der Waals surface area contributed by atoms with E-state index in [1.807, 2.05) is 19.1 Å². The molecule has 116 valence electrons. The van der Waals surface area contributed by atoms with Crippen molar-refractivity contribution in [1.82, 2.24) is 0 Å². The van der Waals surface area contributed by atoms with Crippen LogP contribution >= 0.6 is 0 Å². The lowest BCUT2D eigenvalue weighted by Gasteiger charge is -2.10. The van der Waals surface area contributed by atoms with Crippen LogP contribution in [0.15, 0.2) is 59.5 Å². The van der Waals surface area contributed by atoms with Gasteiger partial charge in [-0.25, -0.2) is 8.42 Å². The Hall–Kier alpha value is -2.14. The van der Waals surface area contributed by atoms with E-state index in [1.54, 1.807) is 49.4 Å². The number of nitrogens with one attached hydrogen (secondary N) is 1. The van der Waals surface area contributed by atoms with Gasteiger partial charge in [-0.1, -0.05) is 37.3 Å². The maximum atomic E-state index is 12.2. The zero-order chi connectivity index (χ0) is 16.2. The molecule has 1 atom stereocenters. The topological polar surface area (TPSA) is 63.2 Å². The SMILES string of the molecule is CC(=O)C(C)Cc1ccc(NS(=O)(=O)c2ccccc2)cc1. The summed E-state index contributed by atoms with van der Waals surface area (Å²) in [7, 11) is -3.57. The second kappa shape index (κ2) is 6.75. The first-order valence-corrected chi connectivity index (χ1v) is 8.54. The first-order valence-electron chi connectivity index (χ1n) is 7.06. The number of sulfonamides is 1. The average Bonchev–Trinajstić information content (AvgIpc) is 2.50. The van der Waals surface area contributed by atoms with Crippen LogP contribution in [0.1, 0.15) is 19.4 Å². The molecule has 0 saturated carbocycles. The summed E-state index contributed by atoms with van der Waals surface area (Å²) in [6.07, 6.45) is 0.654. The van der Waals surface area contributed by atoms with Gasteiger partial charge in [0.25, 0.3) is 10.0 Å². The normalized spacial score (nSPS) is 12.6. The van der Waals surface area contributed by atoms with Gasteiger partial charge >= 0.3 is 0 Å². The lowest BCUT2D eigenvalue weighted by molar-refractivity contribution is -0.120. The van der Waals surface area contributed by atoms with E-state index in [0.29, 0.717) is 12.1 Å². The van der Waals surface area contributed by atoms with Gasteiger partial charge in [0, 0.05) is 11.6 Å². The number of ketones is 1. The van der Waals surface area contributed by atoms with Crippen LogP contribution in [-0.4, -0.2) is 14.2 Å². The van der Waals surface area contributed by atoms with Crippen LogP contribution in [0.4, 0.5) is 5.69 Å². The first kappa shape index (κ1) is 16.2. The lowest BCUT2D eigenvalue weighted by Crippen LogP contribution is -2.13. The van der Waals surface area contributed by atoms with Gasteiger partial charge in [0.05, 0.1) is 4.90 Å². The zero-order valence-electron chi connectivity index (χ0n) is 12.6. The summed E-state index contributed by atoms with van der Waals surface area (Å²) in [5.74, 6) is 0.112. The van der Waals surface area contributed by atoms with E-state index in [4.69, 9.17) is 0 Å². The van der Waals surface area contributed by atoms with Crippen LogP contribution in [0.3, 0.4) is 0 Å². The Balaban J connectivity index is 2.10. The molecule has 1 N–H and O–H groups in total. The van der Waals surface area contributed by atoms with Crippen molar-refractivity contribution >= 4 is 21.5 Å². The van der Waals surface area contributed by atoms with E-state index in [0.717, 1.165) is 5.56 Å². The van der Waals surface area contributed by atoms with Crippen molar-refractivity contribution in [1.29, 1.82) is 0 Å². The number of carbonyl (C=O) groups excluding carboxylic acids is 1. The molecular formula is C17H19NO3S. The summed E-state index contributed by atoms with van der Waals surface area (Å²) in [5, 5.41) is 0. The van der Waals surface area contributed by atoms with Gasteiger partial charge in [0.15, 0.2) is 0 Å². The largest absolute Gasteiger partial charge is 0.300 e. The van der Waals surface area contributed by atoms with Gasteiger partial charge in [-0.05, 0) is 43.2 Å². The van der Waals surface area contributed by atoms with E-state index < -0.39 is 10.0 Å². The molecule has 0 aliphatic heterocycles. The van der Waals surface area contributed by atoms with Crippen LogP contribution in [0.5, 0.6) is 0 Å². The monoisotopic (exact) mass is 317 g/mol. The third-order valence-electron chi connectivity index (χ3n) is 3.50. The number of anilines is 1. The number of hydrogen-bond donors (Lipinski definition) is 1. The number of hydrogen-bond acceptors (Lipinski definition) is 3. The molecule has 0 radical (unpaired) electrons. The molecule has 0 aliphatic carbocycles. The Morgan fingerprint density at radius 2 is 1.64 bits per heavy atom. The standard InChI is InChI=1S/C17H19NO3S/c1-13(14(2)19)12-15-8-10-16(11-9-15)18-22(20,21)17-6-4-3-5-7-17/h3-11,13,18H,12H2,1-2H3. The summed E-state index contributed by atoms with van der Waals surface area (Å²) in [4.78, 5) is 11.5. The minimum Gasteiger partial charge on any atom is -0.300 e. The molecule has 0 saturated heterocycles. The maximum Gasteiger partial charge on any atom is 0.261 e. The van der Waals surface area contributed by atoms with Gasteiger partial charge in [-0.15, -0.1) is 0 Å². The molecule has 2 aromatic carbocycles. The van der Waals surface area contributed by atoms with Crippen molar-refractivity contribution in [3.8, 4) is 0 Å².